The monoisotopic (exact) mass is 244 g/mol. The average molecular weight is 244 g/mol. The number of aromatic nitrogens is 1. The van der Waals surface area contributed by atoms with Gasteiger partial charge in [-0.2, -0.15) is 0 Å². The molecule has 2 N–H and O–H groups in total. The SMILES string of the molecule is Cc1ccc(F)cc1CC(N)c1cccnc1C. The second-order valence-electron chi connectivity index (χ2n) is 4.56. The molecular formula is C15H17FN2. The van der Waals surface area contributed by atoms with E-state index in [1.165, 1.54) is 6.07 Å². The number of rotatable bonds is 3. The Kier molecular flexibility index (Phi) is 3.72. The third-order valence-corrected chi connectivity index (χ3v) is 3.20. The maximum absolute atomic E-state index is 13.2. The summed E-state index contributed by atoms with van der Waals surface area (Å²) in [6.07, 6.45) is 2.37. The van der Waals surface area contributed by atoms with Crippen LogP contribution in [-0.4, -0.2) is 4.98 Å². The molecule has 0 amide bonds. The van der Waals surface area contributed by atoms with Gasteiger partial charge >= 0.3 is 0 Å². The van der Waals surface area contributed by atoms with Crippen LogP contribution in [-0.2, 0) is 6.42 Å². The molecule has 0 fully saturated rings. The van der Waals surface area contributed by atoms with Gasteiger partial charge in [0, 0.05) is 17.9 Å². The normalized spacial score (nSPS) is 12.4. The molecule has 94 valence electrons. The van der Waals surface area contributed by atoms with Crippen LogP contribution in [0.3, 0.4) is 0 Å². The van der Waals surface area contributed by atoms with Crippen molar-refractivity contribution in [3.8, 4) is 0 Å². The molecule has 0 aliphatic carbocycles. The summed E-state index contributed by atoms with van der Waals surface area (Å²) in [6, 6.07) is 8.51. The maximum Gasteiger partial charge on any atom is 0.123 e. The molecule has 0 aliphatic rings. The fraction of sp³-hybridized carbons (Fsp3) is 0.267. The molecule has 1 atom stereocenters. The summed E-state index contributed by atoms with van der Waals surface area (Å²) in [7, 11) is 0. The van der Waals surface area contributed by atoms with Gasteiger partial charge in [0.25, 0.3) is 0 Å². The summed E-state index contributed by atoms with van der Waals surface area (Å²) in [4.78, 5) is 4.23. The molecule has 3 heteroatoms. The molecule has 18 heavy (non-hydrogen) atoms. The highest BCUT2D eigenvalue weighted by Gasteiger charge is 2.12. The summed E-state index contributed by atoms with van der Waals surface area (Å²) in [5.41, 5.74) is 10.1. The fourth-order valence-corrected chi connectivity index (χ4v) is 2.10. The van der Waals surface area contributed by atoms with E-state index in [2.05, 4.69) is 4.98 Å². The van der Waals surface area contributed by atoms with Crippen molar-refractivity contribution in [1.29, 1.82) is 0 Å². The molecule has 2 nitrogen and oxygen atoms in total. The molecular weight excluding hydrogens is 227 g/mol. The summed E-state index contributed by atoms with van der Waals surface area (Å²) in [5, 5.41) is 0. The lowest BCUT2D eigenvalue weighted by molar-refractivity contribution is 0.620. The Labute approximate surface area is 107 Å². The first-order valence-corrected chi connectivity index (χ1v) is 6.00. The van der Waals surface area contributed by atoms with Crippen LogP contribution in [0.25, 0.3) is 0 Å². The van der Waals surface area contributed by atoms with E-state index >= 15 is 0 Å². The van der Waals surface area contributed by atoms with Gasteiger partial charge in [-0.1, -0.05) is 12.1 Å². The molecule has 1 aromatic carbocycles. The largest absolute Gasteiger partial charge is 0.324 e. The van der Waals surface area contributed by atoms with Crippen LogP contribution in [0.1, 0.15) is 28.4 Å². The first-order chi connectivity index (χ1) is 8.58. The Balaban J connectivity index is 2.24. The second-order valence-corrected chi connectivity index (χ2v) is 4.56. The van der Waals surface area contributed by atoms with Gasteiger partial charge in [0.2, 0.25) is 0 Å². The Morgan fingerprint density at radius 3 is 2.78 bits per heavy atom. The van der Waals surface area contributed by atoms with Crippen molar-refractivity contribution in [2.24, 2.45) is 5.73 Å². The number of hydrogen-bond acceptors (Lipinski definition) is 2. The summed E-state index contributed by atoms with van der Waals surface area (Å²) >= 11 is 0. The van der Waals surface area contributed by atoms with Gasteiger partial charge in [0.15, 0.2) is 0 Å². The summed E-state index contributed by atoms with van der Waals surface area (Å²) < 4.78 is 13.2. The Hall–Kier alpha value is -1.74. The molecule has 0 saturated heterocycles. The molecule has 0 bridgehead atoms. The van der Waals surface area contributed by atoms with E-state index in [9.17, 15) is 4.39 Å². The zero-order valence-electron chi connectivity index (χ0n) is 10.7. The van der Waals surface area contributed by atoms with Crippen LogP contribution >= 0.6 is 0 Å². The number of nitrogens with zero attached hydrogens (tertiary/aromatic N) is 1. The number of hydrogen-bond donors (Lipinski definition) is 1. The van der Waals surface area contributed by atoms with Crippen LogP contribution in [0.15, 0.2) is 36.5 Å². The summed E-state index contributed by atoms with van der Waals surface area (Å²) in [5.74, 6) is -0.217. The molecule has 0 saturated carbocycles. The second kappa shape index (κ2) is 5.27. The quantitative estimate of drug-likeness (QED) is 0.901. The van der Waals surface area contributed by atoms with E-state index in [4.69, 9.17) is 5.73 Å². The van der Waals surface area contributed by atoms with E-state index < -0.39 is 0 Å². The van der Waals surface area contributed by atoms with Crippen molar-refractivity contribution in [3.63, 3.8) is 0 Å². The number of halogens is 1. The maximum atomic E-state index is 13.2. The molecule has 2 rings (SSSR count). The van der Waals surface area contributed by atoms with E-state index in [1.807, 2.05) is 26.0 Å². The van der Waals surface area contributed by atoms with Crippen LogP contribution in [0.5, 0.6) is 0 Å². The standard InChI is InChI=1S/C15H17FN2/c1-10-5-6-13(16)8-12(10)9-15(17)14-4-3-7-18-11(14)2/h3-8,15H,9,17H2,1-2H3. The van der Waals surface area contributed by atoms with Crippen molar-refractivity contribution >= 4 is 0 Å². The zero-order chi connectivity index (χ0) is 13.1. The Morgan fingerprint density at radius 2 is 2.06 bits per heavy atom. The van der Waals surface area contributed by atoms with Crippen LogP contribution < -0.4 is 5.73 Å². The first kappa shape index (κ1) is 12.7. The number of benzene rings is 1. The highest BCUT2D eigenvalue weighted by atomic mass is 19.1. The lowest BCUT2D eigenvalue weighted by Gasteiger charge is -2.15. The third kappa shape index (κ3) is 2.74. The minimum Gasteiger partial charge on any atom is -0.324 e. The van der Waals surface area contributed by atoms with Gasteiger partial charge in [-0.3, -0.25) is 4.98 Å². The van der Waals surface area contributed by atoms with Gasteiger partial charge in [-0.15, -0.1) is 0 Å². The number of aryl methyl sites for hydroxylation is 2. The van der Waals surface area contributed by atoms with Gasteiger partial charge in [-0.25, -0.2) is 4.39 Å². The van der Waals surface area contributed by atoms with Gasteiger partial charge in [0.1, 0.15) is 5.82 Å². The number of nitrogens with two attached hydrogens (primary N) is 1. The fourth-order valence-electron chi connectivity index (χ4n) is 2.10. The molecule has 1 heterocycles. The third-order valence-electron chi connectivity index (χ3n) is 3.20. The minimum atomic E-state index is -0.217. The minimum absolute atomic E-state index is 0.154. The summed E-state index contributed by atoms with van der Waals surface area (Å²) in [6.45, 7) is 3.91. The van der Waals surface area contributed by atoms with E-state index in [1.54, 1.807) is 18.3 Å². The van der Waals surface area contributed by atoms with Crippen molar-refractivity contribution in [3.05, 3.63) is 64.7 Å². The molecule has 2 aromatic rings. The highest BCUT2D eigenvalue weighted by molar-refractivity contribution is 5.30. The molecule has 1 unspecified atom stereocenters. The zero-order valence-corrected chi connectivity index (χ0v) is 10.7. The van der Waals surface area contributed by atoms with Gasteiger partial charge in [0.05, 0.1) is 0 Å². The lowest BCUT2D eigenvalue weighted by atomic mass is 9.96. The van der Waals surface area contributed by atoms with E-state index in [-0.39, 0.29) is 11.9 Å². The predicted octanol–water partition coefficient (Wildman–Crippen LogP) is 3.08. The van der Waals surface area contributed by atoms with E-state index in [0.717, 1.165) is 22.4 Å². The van der Waals surface area contributed by atoms with Crippen LogP contribution in [0.2, 0.25) is 0 Å². The Morgan fingerprint density at radius 1 is 1.28 bits per heavy atom. The smallest absolute Gasteiger partial charge is 0.123 e. The van der Waals surface area contributed by atoms with Crippen LogP contribution in [0.4, 0.5) is 4.39 Å². The predicted molar refractivity (Wildman–Crippen MR) is 70.7 cm³/mol. The van der Waals surface area contributed by atoms with Gasteiger partial charge in [-0.05, 0) is 55.2 Å². The number of pyridine rings is 1. The molecule has 0 spiro atoms. The Bertz CT molecular complexity index is 552. The van der Waals surface area contributed by atoms with Crippen molar-refractivity contribution in [2.75, 3.05) is 0 Å². The van der Waals surface area contributed by atoms with Crippen molar-refractivity contribution in [2.45, 2.75) is 26.3 Å². The lowest BCUT2D eigenvalue weighted by Crippen LogP contribution is -2.15. The topological polar surface area (TPSA) is 38.9 Å². The average Bonchev–Trinajstić information content (AvgIpc) is 2.34. The van der Waals surface area contributed by atoms with Crippen LogP contribution in [0, 0.1) is 19.7 Å². The molecule has 1 aromatic heterocycles. The highest BCUT2D eigenvalue weighted by Crippen LogP contribution is 2.20. The van der Waals surface area contributed by atoms with Crippen molar-refractivity contribution < 1.29 is 4.39 Å². The molecule has 0 aliphatic heterocycles. The van der Waals surface area contributed by atoms with Gasteiger partial charge < -0.3 is 5.73 Å². The van der Waals surface area contributed by atoms with E-state index in [0.29, 0.717) is 6.42 Å². The molecule has 0 radical (unpaired) electrons. The van der Waals surface area contributed by atoms with Crippen molar-refractivity contribution in [1.82, 2.24) is 4.98 Å². The first-order valence-electron chi connectivity index (χ1n) is 6.00.